The lowest BCUT2D eigenvalue weighted by atomic mass is 10.1. The van der Waals surface area contributed by atoms with E-state index < -0.39 is 0 Å². The molecule has 0 saturated carbocycles. The van der Waals surface area contributed by atoms with Gasteiger partial charge < -0.3 is 4.90 Å². The van der Waals surface area contributed by atoms with Crippen LogP contribution in [0.5, 0.6) is 0 Å². The molecule has 3 rings (SSSR count). The number of thiazole rings is 1. The number of fused-ring (bicyclic) bond motifs is 1. The van der Waals surface area contributed by atoms with Gasteiger partial charge in [-0.05, 0) is 38.6 Å². The first kappa shape index (κ1) is 14.1. The number of piperazine rings is 1. The molecule has 1 fully saturated rings. The van der Waals surface area contributed by atoms with Crippen molar-refractivity contribution in [3.63, 3.8) is 0 Å². The molecule has 20 heavy (non-hydrogen) atoms. The van der Waals surface area contributed by atoms with Gasteiger partial charge in [0.15, 0.2) is 5.13 Å². The normalized spacial score (nSPS) is 24.5. The molecule has 5 heteroatoms. The largest absolute Gasteiger partial charge is 0.345 e. The molecule has 2 heterocycles. The van der Waals surface area contributed by atoms with E-state index in [2.05, 4.69) is 30.6 Å². The number of hydrogen-bond donors (Lipinski definition) is 0. The third-order valence-corrected chi connectivity index (χ3v) is 5.39. The molecule has 3 nitrogen and oxygen atoms in total. The molecule has 0 N–H and O–H groups in total. The van der Waals surface area contributed by atoms with Crippen LogP contribution in [-0.2, 0) is 0 Å². The molecule has 0 bridgehead atoms. The molecule has 1 aliphatic rings. The van der Waals surface area contributed by atoms with Crippen LogP contribution in [0.2, 0.25) is 5.02 Å². The average molecular weight is 310 g/mol. The molecule has 2 atom stereocenters. The van der Waals surface area contributed by atoms with Gasteiger partial charge in [0, 0.05) is 30.2 Å². The topological polar surface area (TPSA) is 19.4 Å². The third-order valence-electron chi connectivity index (χ3n) is 4.08. The molecular weight excluding hydrogens is 290 g/mol. The molecule has 108 valence electrons. The predicted molar refractivity (Wildman–Crippen MR) is 88.1 cm³/mol. The van der Waals surface area contributed by atoms with Crippen molar-refractivity contribution in [1.82, 2.24) is 9.88 Å². The summed E-state index contributed by atoms with van der Waals surface area (Å²) in [6.45, 7) is 10.1. The Balaban J connectivity index is 1.88. The van der Waals surface area contributed by atoms with Gasteiger partial charge in [0.2, 0.25) is 0 Å². The zero-order valence-electron chi connectivity index (χ0n) is 12.1. The summed E-state index contributed by atoms with van der Waals surface area (Å²) in [7, 11) is 0. The minimum atomic E-state index is 0.569. The summed E-state index contributed by atoms with van der Waals surface area (Å²) in [4.78, 5) is 9.74. The first-order chi connectivity index (χ1) is 9.58. The number of anilines is 1. The molecule has 0 spiro atoms. The Bertz CT molecular complexity index is 600. The van der Waals surface area contributed by atoms with Gasteiger partial charge in [0.25, 0.3) is 0 Å². The summed E-state index contributed by atoms with van der Waals surface area (Å²) >= 11 is 7.80. The van der Waals surface area contributed by atoms with Crippen molar-refractivity contribution in [2.45, 2.75) is 32.9 Å². The summed E-state index contributed by atoms with van der Waals surface area (Å²) in [6.07, 6.45) is 0. The lowest BCUT2D eigenvalue weighted by Gasteiger charge is -2.44. The second kappa shape index (κ2) is 5.51. The number of nitrogens with zero attached hydrogens (tertiary/aromatic N) is 3. The van der Waals surface area contributed by atoms with Crippen molar-refractivity contribution < 1.29 is 0 Å². The van der Waals surface area contributed by atoms with E-state index in [1.54, 1.807) is 11.3 Å². The van der Waals surface area contributed by atoms with E-state index in [-0.39, 0.29) is 0 Å². The third kappa shape index (κ3) is 2.52. The van der Waals surface area contributed by atoms with Crippen LogP contribution >= 0.6 is 22.9 Å². The molecule has 1 aromatic heterocycles. The Hall–Kier alpha value is -0.840. The molecular formula is C15H20ClN3S. The van der Waals surface area contributed by atoms with Crippen molar-refractivity contribution in [2.24, 2.45) is 0 Å². The fraction of sp³-hybridized carbons (Fsp3) is 0.533. The quantitative estimate of drug-likeness (QED) is 0.839. The number of rotatable bonds is 2. The Morgan fingerprint density at radius 1 is 1.30 bits per heavy atom. The smallest absolute Gasteiger partial charge is 0.186 e. The fourth-order valence-electron chi connectivity index (χ4n) is 3.16. The highest BCUT2D eigenvalue weighted by Crippen LogP contribution is 2.32. The molecule has 0 aliphatic carbocycles. The predicted octanol–water partition coefficient (Wildman–Crippen LogP) is 3.87. The van der Waals surface area contributed by atoms with Crippen molar-refractivity contribution in [3.8, 4) is 0 Å². The van der Waals surface area contributed by atoms with Crippen molar-refractivity contribution in [1.29, 1.82) is 0 Å². The molecule has 2 aromatic rings. The van der Waals surface area contributed by atoms with Crippen LogP contribution in [0.15, 0.2) is 18.2 Å². The number of halogens is 1. The van der Waals surface area contributed by atoms with Crippen LogP contribution in [0, 0.1) is 0 Å². The van der Waals surface area contributed by atoms with Crippen LogP contribution in [0.1, 0.15) is 20.8 Å². The first-order valence-electron chi connectivity index (χ1n) is 7.15. The Kier molecular flexibility index (Phi) is 3.89. The minimum Gasteiger partial charge on any atom is -0.345 e. The van der Waals surface area contributed by atoms with Crippen LogP contribution < -0.4 is 4.90 Å². The minimum absolute atomic E-state index is 0.569. The van der Waals surface area contributed by atoms with Crippen LogP contribution in [0.25, 0.3) is 10.2 Å². The van der Waals surface area contributed by atoms with Gasteiger partial charge in [-0.15, -0.1) is 0 Å². The van der Waals surface area contributed by atoms with Crippen LogP contribution in [0.3, 0.4) is 0 Å². The van der Waals surface area contributed by atoms with E-state index in [0.29, 0.717) is 12.1 Å². The average Bonchev–Trinajstić information content (AvgIpc) is 2.81. The maximum absolute atomic E-state index is 6.06. The second-order valence-electron chi connectivity index (χ2n) is 5.54. The van der Waals surface area contributed by atoms with Gasteiger partial charge in [-0.3, -0.25) is 4.90 Å². The zero-order valence-corrected chi connectivity index (χ0v) is 13.7. The summed E-state index contributed by atoms with van der Waals surface area (Å²) in [6, 6.07) is 7.06. The van der Waals surface area contributed by atoms with Crippen molar-refractivity contribution in [2.75, 3.05) is 24.5 Å². The lowest BCUT2D eigenvalue weighted by Crippen LogP contribution is -2.56. The van der Waals surface area contributed by atoms with Gasteiger partial charge in [0.05, 0.1) is 10.2 Å². The lowest BCUT2D eigenvalue weighted by molar-refractivity contribution is 0.140. The number of likely N-dealkylation sites (N-methyl/N-ethyl adjacent to an activating group) is 1. The van der Waals surface area contributed by atoms with Crippen molar-refractivity contribution in [3.05, 3.63) is 23.2 Å². The molecule has 1 aromatic carbocycles. The van der Waals surface area contributed by atoms with E-state index in [9.17, 15) is 0 Å². The SMILES string of the molecule is CCN1[C@H](C)CN(c2nc3ccc(Cl)cc3s2)C[C@@H]1C. The van der Waals surface area contributed by atoms with E-state index in [1.807, 2.05) is 18.2 Å². The summed E-state index contributed by atoms with van der Waals surface area (Å²) in [5.41, 5.74) is 1.05. The standard InChI is InChI=1S/C15H20ClN3S/c1-4-19-10(2)8-18(9-11(19)3)15-17-13-6-5-12(16)7-14(13)20-15/h5-7,10-11H,4,8-9H2,1-3H3/t10-,11+. The number of aromatic nitrogens is 1. The Morgan fingerprint density at radius 3 is 2.65 bits per heavy atom. The van der Waals surface area contributed by atoms with Gasteiger partial charge in [-0.25, -0.2) is 4.98 Å². The van der Waals surface area contributed by atoms with Crippen LogP contribution in [0.4, 0.5) is 5.13 Å². The van der Waals surface area contributed by atoms with E-state index in [0.717, 1.165) is 35.3 Å². The zero-order chi connectivity index (χ0) is 14.3. The second-order valence-corrected chi connectivity index (χ2v) is 6.99. The molecule has 0 amide bonds. The summed E-state index contributed by atoms with van der Waals surface area (Å²) in [5, 5.41) is 1.90. The van der Waals surface area contributed by atoms with Gasteiger partial charge in [0.1, 0.15) is 0 Å². The molecule has 0 unspecified atom stereocenters. The molecule has 1 saturated heterocycles. The number of hydrogen-bond acceptors (Lipinski definition) is 4. The van der Waals surface area contributed by atoms with Crippen molar-refractivity contribution >= 4 is 38.3 Å². The van der Waals surface area contributed by atoms with Gasteiger partial charge in [-0.1, -0.05) is 29.9 Å². The Morgan fingerprint density at radius 2 is 2.00 bits per heavy atom. The first-order valence-corrected chi connectivity index (χ1v) is 8.34. The molecule has 1 aliphatic heterocycles. The van der Waals surface area contributed by atoms with Crippen LogP contribution in [-0.4, -0.2) is 41.6 Å². The highest BCUT2D eigenvalue weighted by molar-refractivity contribution is 7.22. The summed E-state index contributed by atoms with van der Waals surface area (Å²) < 4.78 is 1.17. The number of benzene rings is 1. The van der Waals surface area contributed by atoms with E-state index in [4.69, 9.17) is 16.6 Å². The van der Waals surface area contributed by atoms with Gasteiger partial charge >= 0.3 is 0 Å². The maximum atomic E-state index is 6.06. The maximum Gasteiger partial charge on any atom is 0.186 e. The molecule has 0 radical (unpaired) electrons. The highest BCUT2D eigenvalue weighted by atomic mass is 35.5. The van der Waals surface area contributed by atoms with E-state index >= 15 is 0 Å². The summed E-state index contributed by atoms with van der Waals surface area (Å²) in [5.74, 6) is 0. The van der Waals surface area contributed by atoms with Gasteiger partial charge in [-0.2, -0.15) is 0 Å². The monoisotopic (exact) mass is 309 g/mol. The Labute approximate surface area is 129 Å². The van der Waals surface area contributed by atoms with E-state index in [1.165, 1.54) is 4.70 Å². The fourth-order valence-corrected chi connectivity index (χ4v) is 4.42. The highest BCUT2D eigenvalue weighted by Gasteiger charge is 2.29.